The van der Waals surface area contributed by atoms with E-state index in [2.05, 4.69) is 4.98 Å². The molecule has 0 unspecified atom stereocenters. The maximum absolute atomic E-state index is 11.9. The minimum Gasteiger partial charge on any atom is -0.389 e. The molecular weight excluding hydrogens is 228 g/mol. The van der Waals surface area contributed by atoms with Gasteiger partial charge in [0.05, 0.1) is 11.3 Å². The van der Waals surface area contributed by atoms with Crippen molar-refractivity contribution in [3.8, 4) is 11.3 Å². The molecule has 0 saturated heterocycles. The van der Waals surface area contributed by atoms with Gasteiger partial charge in [0.2, 0.25) is 0 Å². The summed E-state index contributed by atoms with van der Waals surface area (Å²) in [4.78, 5) is 18.1. The Morgan fingerprint density at radius 3 is 2.44 bits per heavy atom. The fraction of sp³-hybridized carbons (Fsp3) is 0.286. The molecule has 1 aromatic carbocycles. The van der Waals surface area contributed by atoms with E-state index in [1.165, 1.54) is 0 Å². The van der Waals surface area contributed by atoms with Crippen molar-refractivity contribution < 1.29 is 4.42 Å². The van der Waals surface area contributed by atoms with E-state index in [0.717, 1.165) is 5.56 Å². The lowest BCUT2D eigenvalue weighted by molar-refractivity contribution is 0.485. The molecule has 0 aliphatic heterocycles. The van der Waals surface area contributed by atoms with E-state index in [4.69, 9.17) is 4.42 Å². The van der Waals surface area contributed by atoms with Gasteiger partial charge in [-0.15, -0.1) is 0 Å². The maximum Gasteiger partial charge on any atom is 0.343 e. The van der Waals surface area contributed by atoms with E-state index >= 15 is 0 Å². The first-order valence-electron chi connectivity index (χ1n) is 5.90. The van der Waals surface area contributed by atoms with Crippen LogP contribution in [0.3, 0.4) is 0 Å². The van der Waals surface area contributed by atoms with Crippen molar-refractivity contribution in [3.05, 3.63) is 46.3 Å². The molecule has 2 rings (SSSR count). The fourth-order valence-corrected chi connectivity index (χ4v) is 1.77. The van der Waals surface area contributed by atoms with Gasteiger partial charge >= 0.3 is 5.63 Å². The molecule has 1 aromatic heterocycles. The number of aromatic nitrogens is 1. The molecule has 0 aliphatic rings. The Labute approximate surface area is 106 Å². The molecule has 18 heavy (non-hydrogen) atoms. The SMILES string of the molecule is CCc1c(-c2ccccc2)nc(N(C)C)oc1=O. The molecule has 1 heterocycles. The van der Waals surface area contributed by atoms with Crippen LogP contribution in [-0.2, 0) is 6.42 Å². The third-order valence-corrected chi connectivity index (χ3v) is 2.71. The Hall–Kier alpha value is -2.10. The monoisotopic (exact) mass is 244 g/mol. The van der Waals surface area contributed by atoms with E-state index in [1.54, 1.807) is 19.0 Å². The average molecular weight is 244 g/mol. The summed E-state index contributed by atoms with van der Waals surface area (Å²) >= 11 is 0. The highest BCUT2D eigenvalue weighted by atomic mass is 16.4. The lowest BCUT2D eigenvalue weighted by atomic mass is 10.1. The van der Waals surface area contributed by atoms with Crippen LogP contribution in [0.15, 0.2) is 39.5 Å². The molecule has 0 fully saturated rings. The highest BCUT2D eigenvalue weighted by Gasteiger charge is 2.14. The van der Waals surface area contributed by atoms with Crippen LogP contribution in [0.5, 0.6) is 0 Å². The molecule has 0 radical (unpaired) electrons. The van der Waals surface area contributed by atoms with E-state index in [0.29, 0.717) is 23.7 Å². The van der Waals surface area contributed by atoms with Crippen molar-refractivity contribution in [1.29, 1.82) is 0 Å². The van der Waals surface area contributed by atoms with Gasteiger partial charge in [0.1, 0.15) is 0 Å². The smallest absolute Gasteiger partial charge is 0.343 e. The first-order valence-corrected chi connectivity index (χ1v) is 5.90. The molecule has 0 spiro atoms. The molecule has 0 N–H and O–H groups in total. The summed E-state index contributed by atoms with van der Waals surface area (Å²) in [5, 5.41) is 0. The number of rotatable bonds is 3. The zero-order chi connectivity index (χ0) is 13.1. The number of anilines is 1. The highest BCUT2D eigenvalue weighted by molar-refractivity contribution is 5.63. The van der Waals surface area contributed by atoms with Crippen molar-refractivity contribution in [2.24, 2.45) is 0 Å². The predicted octanol–water partition coefficient (Wildman–Crippen LogP) is 2.33. The molecule has 0 saturated carbocycles. The van der Waals surface area contributed by atoms with Gasteiger partial charge in [-0.1, -0.05) is 37.3 Å². The molecule has 0 amide bonds. The number of hydrogen-bond acceptors (Lipinski definition) is 4. The Bertz CT molecular complexity index is 588. The molecule has 0 aliphatic carbocycles. The zero-order valence-corrected chi connectivity index (χ0v) is 10.8. The van der Waals surface area contributed by atoms with E-state index in [-0.39, 0.29) is 5.63 Å². The number of hydrogen-bond donors (Lipinski definition) is 0. The van der Waals surface area contributed by atoms with Gasteiger partial charge in [-0.3, -0.25) is 0 Å². The van der Waals surface area contributed by atoms with Gasteiger partial charge in [-0.25, -0.2) is 4.79 Å². The van der Waals surface area contributed by atoms with Crippen LogP contribution in [-0.4, -0.2) is 19.1 Å². The van der Waals surface area contributed by atoms with Crippen LogP contribution in [0.2, 0.25) is 0 Å². The summed E-state index contributed by atoms with van der Waals surface area (Å²) in [6.07, 6.45) is 0.604. The Morgan fingerprint density at radius 2 is 1.89 bits per heavy atom. The van der Waals surface area contributed by atoms with Crippen molar-refractivity contribution in [2.45, 2.75) is 13.3 Å². The van der Waals surface area contributed by atoms with E-state index in [1.807, 2.05) is 37.3 Å². The summed E-state index contributed by atoms with van der Waals surface area (Å²) in [5.41, 5.74) is 1.95. The summed E-state index contributed by atoms with van der Waals surface area (Å²) in [5.74, 6) is 0. The second kappa shape index (κ2) is 5.04. The zero-order valence-electron chi connectivity index (χ0n) is 10.8. The van der Waals surface area contributed by atoms with Gasteiger partial charge in [0, 0.05) is 19.7 Å². The lowest BCUT2D eigenvalue weighted by Gasteiger charge is -2.12. The van der Waals surface area contributed by atoms with Crippen LogP contribution >= 0.6 is 0 Å². The third-order valence-electron chi connectivity index (χ3n) is 2.71. The predicted molar refractivity (Wildman–Crippen MR) is 71.9 cm³/mol. The van der Waals surface area contributed by atoms with Crippen LogP contribution in [0.1, 0.15) is 12.5 Å². The lowest BCUT2D eigenvalue weighted by Crippen LogP contribution is -2.18. The van der Waals surface area contributed by atoms with E-state index in [9.17, 15) is 4.79 Å². The maximum atomic E-state index is 11.9. The van der Waals surface area contributed by atoms with Crippen LogP contribution < -0.4 is 10.5 Å². The van der Waals surface area contributed by atoms with Crippen molar-refractivity contribution >= 4 is 6.01 Å². The van der Waals surface area contributed by atoms with Crippen molar-refractivity contribution in [2.75, 3.05) is 19.0 Å². The Kier molecular flexibility index (Phi) is 3.46. The summed E-state index contributed by atoms with van der Waals surface area (Å²) < 4.78 is 5.18. The Morgan fingerprint density at radius 1 is 1.22 bits per heavy atom. The normalized spacial score (nSPS) is 10.4. The van der Waals surface area contributed by atoms with Crippen LogP contribution in [0.4, 0.5) is 6.01 Å². The van der Waals surface area contributed by atoms with Gasteiger partial charge in [0.25, 0.3) is 6.01 Å². The fourth-order valence-electron chi connectivity index (χ4n) is 1.77. The molecule has 0 atom stereocenters. The summed E-state index contributed by atoms with van der Waals surface area (Å²) in [6.45, 7) is 1.93. The van der Waals surface area contributed by atoms with Crippen molar-refractivity contribution in [3.63, 3.8) is 0 Å². The third kappa shape index (κ3) is 2.27. The topological polar surface area (TPSA) is 46.3 Å². The van der Waals surface area contributed by atoms with Crippen molar-refractivity contribution in [1.82, 2.24) is 4.98 Å². The minimum absolute atomic E-state index is 0.310. The highest BCUT2D eigenvalue weighted by Crippen LogP contribution is 2.21. The first kappa shape index (κ1) is 12.4. The van der Waals surface area contributed by atoms with E-state index < -0.39 is 0 Å². The molecule has 4 nitrogen and oxygen atoms in total. The second-order valence-electron chi connectivity index (χ2n) is 4.23. The summed E-state index contributed by atoms with van der Waals surface area (Å²) in [6, 6.07) is 10.0. The van der Waals surface area contributed by atoms with Crippen LogP contribution in [0, 0.1) is 0 Å². The molecule has 0 bridgehead atoms. The first-order chi connectivity index (χ1) is 8.63. The Balaban J connectivity index is 2.68. The molecular formula is C14H16N2O2. The molecule has 2 aromatic rings. The largest absolute Gasteiger partial charge is 0.389 e. The number of benzene rings is 1. The minimum atomic E-state index is -0.310. The molecule has 94 valence electrons. The average Bonchev–Trinajstić information content (AvgIpc) is 2.38. The van der Waals surface area contributed by atoms with Gasteiger partial charge in [-0.2, -0.15) is 4.98 Å². The quantitative estimate of drug-likeness (QED) is 0.831. The van der Waals surface area contributed by atoms with Gasteiger partial charge in [-0.05, 0) is 6.42 Å². The van der Waals surface area contributed by atoms with Gasteiger partial charge in [0.15, 0.2) is 0 Å². The van der Waals surface area contributed by atoms with Crippen LogP contribution in [0.25, 0.3) is 11.3 Å². The number of nitrogens with zero attached hydrogens (tertiary/aromatic N) is 2. The second-order valence-corrected chi connectivity index (χ2v) is 4.23. The van der Waals surface area contributed by atoms with Gasteiger partial charge < -0.3 is 9.32 Å². The summed E-state index contributed by atoms with van der Waals surface area (Å²) in [7, 11) is 3.59. The molecule has 4 heteroatoms. The standard InChI is InChI=1S/C14H16N2O2/c1-4-11-12(10-8-6-5-7-9-10)15-14(16(2)3)18-13(11)17/h5-9H,4H2,1-3H3.